The molecule has 0 fully saturated rings. The summed E-state index contributed by atoms with van der Waals surface area (Å²) in [5, 5.41) is 15.0. The maximum absolute atomic E-state index is 11.4. The van der Waals surface area contributed by atoms with Crippen molar-refractivity contribution < 1.29 is 5.11 Å². The van der Waals surface area contributed by atoms with Gasteiger partial charge in [0.2, 0.25) is 0 Å². The third-order valence-electron chi connectivity index (χ3n) is 5.00. The van der Waals surface area contributed by atoms with Crippen LogP contribution in [-0.4, -0.2) is 15.1 Å². The summed E-state index contributed by atoms with van der Waals surface area (Å²) in [6, 6.07) is 31.2. The Labute approximate surface area is 233 Å². The minimum Gasteiger partial charge on any atom is -0.388 e. The molecule has 2 aromatic carbocycles. The first-order valence-electron chi connectivity index (χ1n) is 13.7. The molecule has 2 heterocycles. The van der Waals surface area contributed by atoms with Gasteiger partial charge < -0.3 is 10.4 Å². The lowest BCUT2D eigenvalue weighted by Gasteiger charge is -2.32. The molecular weight excluding hydrogens is 466 g/mol. The van der Waals surface area contributed by atoms with Crippen LogP contribution in [0.1, 0.15) is 97.7 Å². The van der Waals surface area contributed by atoms with Crippen molar-refractivity contribution in [3.63, 3.8) is 0 Å². The molecule has 0 aliphatic carbocycles. The Kier molecular flexibility index (Phi) is 23.0. The number of nitrogens with zero attached hydrogens (tertiary/aromatic N) is 2. The zero-order chi connectivity index (χ0) is 27.9. The van der Waals surface area contributed by atoms with E-state index < -0.39 is 6.10 Å². The average Bonchev–Trinajstić information content (AvgIpc) is 3.03. The Bertz CT molecular complexity index is 997. The number of anilines is 1. The second-order valence-electron chi connectivity index (χ2n) is 6.88. The lowest BCUT2D eigenvalue weighted by Crippen LogP contribution is -2.26. The summed E-state index contributed by atoms with van der Waals surface area (Å²) in [5.41, 5.74) is 2.73. The molecular formula is C34H51N3O. The number of nitrogens with one attached hydrogen (secondary N) is 1. The Morgan fingerprint density at radius 3 is 1.45 bits per heavy atom. The monoisotopic (exact) mass is 517 g/mol. The standard InChI is InChI=1S/C25H23N3O.4C2H6.CH4/c29-25(20-13-5-2-6-14-20)23(21-15-7-9-17-26-21)24(19-11-3-1-4-12-19)28-22-16-8-10-18-27-22;4*1-2;/h1-18,23-25,29H,(H,27,28);4*1-2H3;1H4/t23-,24+,25+;;;;;/m0...../s1. The molecule has 0 saturated heterocycles. The summed E-state index contributed by atoms with van der Waals surface area (Å²) >= 11 is 0. The van der Waals surface area contributed by atoms with E-state index in [4.69, 9.17) is 0 Å². The van der Waals surface area contributed by atoms with Gasteiger partial charge in [0.15, 0.2) is 0 Å². The Morgan fingerprint density at radius 1 is 0.553 bits per heavy atom. The van der Waals surface area contributed by atoms with Crippen LogP contribution in [0.2, 0.25) is 0 Å². The molecule has 3 atom stereocenters. The second-order valence-corrected chi connectivity index (χ2v) is 6.88. The van der Waals surface area contributed by atoms with Crippen molar-refractivity contribution in [1.29, 1.82) is 0 Å². The normalized spacial score (nSPS) is 11.3. The average molecular weight is 518 g/mol. The number of benzene rings is 2. The first-order chi connectivity index (χ1) is 18.3. The summed E-state index contributed by atoms with van der Waals surface area (Å²) < 4.78 is 0. The summed E-state index contributed by atoms with van der Waals surface area (Å²) in [4.78, 5) is 9.03. The topological polar surface area (TPSA) is 58.0 Å². The molecule has 0 bridgehead atoms. The van der Waals surface area contributed by atoms with Crippen molar-refractivity contribution in [3.05, 3.63) is 126 Å². The SMILES string of the molecule is C.CC.CC.CC.CC.O[C@H](c1ccccc1)[C@@H](c1ccccn1)[C@H](Nc1ccccn1)c1ccccc1. The van der Waals surface area contributed by atoms with Crippen LogP contribution in [0.25, 0.3) is 0 Å². The van der Waals surface area contributed by atoms with Gasteiger partial charge in [0.25, 0.3) is 0 Å². The molecule has 4 aromatic rings. The van der Waals surface area contributed by atoms with Gasteiger partial charge in [-0.05, 0) is 35.4 Å². The van der Waals surface area contributed by atoms with Crippen molar-refractivity contribution in [3.8, 4) is 0 Å². The summed E-state index contributed by atoms with van der Waals surface area (Å²) in [7, 11) is 0. The van der Waals surface area contributed by atoms with Crippen LogP contribution >= 0.6 is 0 Å². The second kappa shape index (κ2) is 23.9. The summed E-state index contributed by atoms with van der Waals surface area (Å²) in [6.45, 7) is 16.0. The summed E-state index contributed by atoms with van der Waals surface area (Å²) in [5.74, 6) is 0.436. The highest BCUT2D eigenvalue weighted by Gasteiger charge is 2.33. The van der Waals surface area contributed by atoms with Gasteiger partial charge in [-0.2, -0.15) is 0 Å². The van der Waals surface area contributed by atoms with E-state index in [9.17, 15) is 5.11 Å². The van der Waals surface area contributed by atoms with Crippen LogP contribution in [0.15, 0.2) is 109 Å². The van der Waals surface area contributed by atoms with Crippen LogP contribution in [0.4, 0.5) is 5.82 Å². The van der Waals surface area contributed by atoms with Gasteiger partial charge >= 0.3 is 0 Å². The van der Waals surface area contributed by atoms with Gasteiger partial charge in [0, 0.05) is 18.1 Å². The van der Waals surface area contributed by atoms with E-state index in [0.717, 1.165) is 22.6 Å². The fourth-order valence-corrected chi connectivity index (χ4v) is 3.59. The smallest absolute Gasteiger partial charge is 0.126 e. The van der Waals surface area contributed by atoms with Gasteiger partial charge in [-0.15, -0.1) is 0 Å². The molecule has 2 N–H and O–H groups in total. The zero-order valence-corrected chi connectivity index (χ0v) is 24.0. The van der Waals surface area contributed by atoms with Crippen molar-refractivity contribution >= 4 is 5.82 Å². The highest BCUT2D eigenvalue weighted by Crippen LogP contribution is 2.41. The fourth-order valence-electron chi connectivity index (χ4n) is 3.59. The molecule has 4 rings (SSSR count). The molecule has 4 heteroatoms. The number of hydrogen-bond acceptors (Lipinski definition) is 4. The number of aromatic nitrogens is 2. The molecule has 208 valence electrons. The minimum atomic E-state index is -0.743. The maximum Gasteiger partial charge on any atom is 0.126 e. The number of aliphatic hydroxyl groups excluding tert-OH is 1. The van der Waals surface area contributed by atoms with Gasteiger partial charge in [0.05, 0.1) is 18.1 Å². The third-order valence-corrected chi connectivity index (χ3v) is 5.00. The largest absolute Gasteiger partial charge is 0.388 e. The van der Waals surface area contributed by atoms with Gasteiger partial charge in [-0.3, -0.25) is 4.98 Å². The minimum absolute atomic E-state index is 0. The molecule has 0 aliphatic rings. The Hall–Kier alpha value is -3.50. The highest BCUT2D eigenvalue weighted by atomic mass is 16.3. The Morgan fingerprint density at radius 2 is 1.00 bits per heavy atom. The van der Waals surface area contributed by atoms with Crippen LogP contribution in [0.3, 0.4) is 0 Å². The lowest BCUT2D eigenvalue weighted by molar-refractivity contribution is 0.133. The van der Waals surface area contributed by atoms with Crippen molar-refractivity contribution in [2.75, 3.05) is 5.32 Å². The predicted molar refractivity (Wildman–Crippen MR) is 168 cm³/mol. The zero-order valence-electron chi connectivity index (χ0n) is 24.0. The quantitative estimate of drug-likeness (QED) is 0.256. The fraction of sp³-hybridized carbons (Fsp3) is 0.353. The van der Waals surface area contributed by atoms with Gasteiger partial charge in [-0.1, -0.05) is 136 Å². The number of pyridine rings is 2. The molecule has 4 nitrogen and oxygen atoms in total. The van der Waals surface area contributed by atoms with E-state index in [1.165, 1.54) is 0 Å². The van der Waals surface area contributed by atoms with E-state index in [1.54, 1.807) is 12.4 Å². The number of rotatable bonds is 7. The Balaban J connectivity index is 0. The van der Waals surface area contributed by atoms with E-state index >= 15 is 0 Å². The lowest BCUT2D eigenvalue weighted by atomic mass is 9.82. The van der Waals surface area contributed by atoms with Crippen molar-refractivity contribution in [2.45, 2.75) is 80.9 Å². The van der Waals surface area contributed by atoms with Crippen LogP contribution in [-0.2, 0) is 0 Å². The van der Waals surface area contributed by atoms with E-state index in [1.807, 2.05) is 140 Å². The van der Waals surface area contributed by atoms with Crippen LogP contribution < -0.4 is 5.32 Å². The van der Waals surface area contributed by atoms with Gasteiger partial charge in [0.1, 0.15) is 5.82 Å². The molecule has 0 spiro atoms. The maximum atomic E-state index is 11.4. The molecule has 0 saturated carbocycles. The molecule has 0 amide bonds. The molecule has 38 heavy (non-hydrogen) atoms. The molecule has 2 aromatic heterocycles. The number of hydrogen-bond donors (Lipinski definition) is 2. The van der Waals surface area contributed by atoms with E-state index in [-0.39, 0.29) is 19.4 Å². The number of aliphatic hydroxyl groups is 1. The summed E-state index contributed by atoms with van der Waals surface area (Å²) in [6.07, 6.45) is 2.78. The van der Waals surface area contributed by atoms with Crippen molar-refractivity contribution in [1.82, 2.24) is 9.97 Å². The first-order valence-corrected chi connectivity index (χ1v) is 13.7. The van der Waals surface area contributed by atoms with Gasteiger partial charge in [-0.25, -0.2) is 4.98 Å². The van der Waals surface area contributed by atoms with Crippen molar-refractivity contribution in [2.24, 2.45) is 0 Å². The van der Waals surface area contributed by atoms with E-state index in [0.29, 0.717) is 0 Å². The molecule has 0 unspecified atom stereocenters. The van der Waals surface area contributed by atoms with E-state index in [2.05, 4.69) is 27.4 Å². The predicted octanol–water partition coefficient (Wildman–Crippen LogP) is 9.89. The highest BCUT2D eigenvalue weighted by molar-refractivity contribution is 5.41. The first kappa shape index (κ1) is 36.7. The van der Waals surface area contributed by atoms with Crippen LogP contribution in [0.5, 0.6) is 0 Å². The molecule has 0 radical (unpaired) electrons. The van der Waals surface area contributed by atoms with Crippen LogP contribution in [0, 0.1) is 0 Å². The third kappa shape index (κ3) is 11.7. The molecule has 0 aliphatic heterocycles.